The summed E-state index contributed by atoms with van der Waals surface area (Å²) in [5.74, 6) is -0.0878. The summed E-state index contributed by atoms with van der Waals surface area (Å²) in [6.45, 7) is 0. The normalized spacial score (nSPS) is 21.6. The van der Waals surface area contributed by atoms with Crippen LogP contribution in [0.3, 0.4) is 0 Å². The molecule has 2 aliphatic carbocycles. The molecule has 1 saturated carbocycles. The van der Waals surface area contributed by atoms with Crippen LogP contribution in [0.15, 0.2) is 48.5 Å². The zero-order chi connectivity index (χ0) is 16.1. The van der Waals surface area contributed by atoms with E-state index in [1.54, 1.807) is 12.1 Å². The van der Waals surface area contributed by atoms with Crippen LogP contribution in [0.4, 0.5) is 4.39 Å². The van der Waals surface area contributed by atoms with Gasteiger partial charge in [0.25, 0.3) is 0 Å². The molecule has 0 radical (unpaired) electrons. The third-order valence-corrected chi connectivity index (χ3v) is 5.70. The van der Waals surface area contributed by atoms with E-state index in [0.29, 0.717) is 0 Å². The predicted molar refractivity (Wildman–Crippen MR) is 94.4 cm³/mol. The van der Waals surface area contributed by atoms with E-state index in [2.05, 4.69) is 34.6 Å². The minimum Gasteiger partial charge on any atom is -0.357 e. The number of benzene rings is 2. The molecule has 0 aliphatic heterocycles. The number of hydrogen-bond donors (Lipinski definition) is 2. The maximum absolute atomic E-state index is 14.3. The lowest BCUT2D eigenvalue weighted by Crippen LogP contribution is -2.35. The Bertz CT molecular complexity index is 907. The van der Waals surface area contributed by atoms with Gasteiger partial charge in [0.1, 0.15) is 5.82 Å². The number of rotatable bonds is 3. The smallest absolute Gasteiger partial charge is 0.128 e. The van der Waals surface area contributed by atoms with Gasteiger partial charge in [-0.05, 0) is 49.8 Å². The average Bonchev–Trinajstić information content (AvgIpc) is 3.28. The molecule has 2 aliphatic rings. The Balaban J connectivity index is 1.53. The van der Waals surface area contributed by atoms with Crippen LogP contribution in [-0.4, -0.2) is 4.98 Å². The summed E-state index contributed by atoms with van der Waals surface area (Å²) in [5, 5.41) is 5.15. The molecule has 5 rings (SSSR count). The molecule has 0 bridgehead atoms. The van der Waals surface area contributed by atoms with Crippen molar-refractivity contribution < 1.29 is 4.39 Å². The van der Waals surface area contributed by atoms with Gasteiger partial charge in [0.05, 0.1) is 0 Å². The number of aromatic nitrogens is 1. The number of aryl methyl sites for hydroxylation is 1. The second-order valence-corrected chi connectivity index (χ2v) is 7.21. The molecule has 2 N–H and O–H groups in total. The van der Waals surface area contributed by atoms with Crippen molar-refractivity contribution in [3.63, 3.8) is 0 Å². The summed E-state index contributed by atoms with van der Waals surface area (Å²) in [6.07, 6.45) is 5.44. The Kier molecular flexibility index (Phi) is 3.07. The largest absolute Gasteiger partial charge is 0.357 e. The molecule has 1 heterocycles. The number of halogens is 1. The van der Waals surface area contributed by atoms with Gasteiger partial charge in [-0.3, -0.25) is 5.32 Å². The van der Waals surface area contributed by atoms with Gasteiger partial charge < -0.3 is 4.98 Å². The van der Waals surface area contributed by atoms with E-state index in [4.69, 9.17) is 0 Å². The van der Waals surface area contributed by atoms with Gasteiger partial charge in [-0.1, -0.05) is 36.4 Å². The van der Waals surface area contributed by atoms with Crippen molar-refractivity contribution in [2.24, 2.45) is 0 Å². The lowest BCUT2D eigenvalue weighted by Gasteiger charge is -2.29. The zero-order valence-electron chi connectivity index (χ0n) is 13.6. The summed E-state index contributed by atoms with van der Waals surface area (Å²) >= 11 is 0. The minimum absolute atomic E-state index is 0.0878. The molecule has 2 aromatic carbocycles. The molecule has 3 heteroatoms. The van der Waals surface area contributed by atoms with Crippen molar-refractivity contribution in [2.75, 3.05) is 0 Å². The molecule has 1 fully saturated rings. The van der Waals surface area contributed by atoms with E-state index in [1.165, 1.54) is 28.6 Å². The molecule has 0 amide bonds. The van der Waals surface area contributed by atoms with Gasteiger partial charge in [0.2, 0.25) is 0 Å². The molecule has 2 nitrogen and oxygen atoms in total. The van der Waals surface area contributed by atoms with Gasteiger partial charge in [-0.2, -0.15) is 0 Å². The van der Waals surface area contributed by atoms with Gasteiger partial charge in [0, 0.05) is 33.7 Å². The SMILES string of the molecule is Fc1ccccc1C1(NC2CCCc3c2[nH]c2ccccc32)CC1. The third-order valence-electron chi connectivity index (χ3n) is 5.70. The van der Waals surface area contributed by atoms with Crippen LogP contribution in [0.1, 0.15) is 48.5 Å². The second kappa shape index (κ2) is 5.18. The molecule has 1 atom stereocenters. The fourth-order valence-electron chi connectivity index (χ4n) is 4.36. The van der Waals surface area contributed by atoms with E-state index >= 15 is 0 Å². The van der Waals surface area contributed by atoms with Crippen molar-refractivity contribution >= 4 is 10.9 Å². The van der Waals surface area contributed by atoms with E-state index in [0.717, 1.165) is 31.2 Å². The molecule has 122 valence electrons. The Hall–Kier alpha value is -2.13. The van der Waals surface area contributed by atoms with Crippen LogP contribution in [0.2, 0.25) is 0 Å². The third kappa shape index (κ3) is 2.11. The molecule has 24 heavy (non-hydrogen) atoms. The Morgan fingerprint density at radius 2 is 1.83 bits per heavy atom. The number of H-pyrrole nitrogens is 1. The average molecular weight is 320 g/mol. The first-order valence-corrected chi connectivity index (χ1v) is 8.89. The first-order chi connectivity index (χ1) is 11.8. The summed E-state index contributed by atoms with van der Waals surface area (Å²) in [6, 6.07) is 16.0. The van der Waals surface area contributed by atoms with E-state index < -0.39 is 0 Å². The Labute approximate surface area is 141 Å². The Morgan fingerprint density at radius 3 is 2.67 bits per heavy atom. The molecule has 1 unspecified atom stereocenters. The number of nitrogens with one attached hydrogen (secondary N) is 2. The highest BCUT2D eigenvalue weighted by Gasteiger charge is 2.47. The van der Waals surface area contributed by atoms with Crippen molar-refractivity contribution in [1.29, 1.82) is 0 Å². The van der Waals surface area contributed by atoms with Gasteiger partial charge in [0.15, 0.2) is 0 Å². The fraction of sp³-hybridized carbons (Fsp3) is 0.333. The molecular formula is C21H21FN2. The lowest BCUT2D eigenvalue weighted by molar-refractivity contribution is 0.373. The van der Waals surface area contributed by atoms with Crippen LogP contribution in [0, 0.1) is 5.82 Å². The van der Waals surface area contributed by atoms with Crippen molar-refractivity contribution in [2.45, 2.75) is 43.7 Å². The van der Waals surface area contributed by atoms with Crippen molar-refractivity contribution in [3.05, 3.63) is 71.2 Å². The van der Waals surface area contributed by atoms with E-state index in [-0.39, 0.29) is 17.4 Å². The van der Waals surface area contributed by atoms with Crippen LogP contribution < -0.4 is 5.32 Å². The Morgan fingerprint density at radius 1 is 1.04 bits per heavy atom. The zero-order valence-corrected chi connectivity index (χ0v) is 13.6. The first-order valence-electron chi connectivity index (χ1n) is 8.89. The number of para-hydroxylation sites is 1. The van der Waals surface area contributed by atoms with Crippen LogP contribution >= 0.6 is 0 Å². The van der Waals surface area contributed by atoms with Crippen LogP contribution in [0.5, 0.6) is 0 Å². The topological polar surface area (TPSA) is 27.8 Å². The van der Waals surface area contributed by atoms with Gasteiger partial charge in [-0.25, -0.2) is 4.39 Å². The summed E-state index contributed by atoms with van der Waals surface area (Å²) < 4.78 is 14.3. The maximum atomic E-state index is 14.3. The van der Waals surface area contributed by atoms with Crippen LogP contribution in [-0.2, 0) is 12.0 Å². The highest BCUT2D eigenvalue weighted by Crippen LogP contribution is 2.49. The van der Waals surface area contributed by atoms with Crippen LogP contribution in [0.25, 0.3) is 10.9 Å². The molecular weight excluding hydrogens is 299 g/mol. The number of aromatic amines is 1. The number of fused-ring (bicyclic) bond motifs is 3. The molecule has 3 aromatic rings. The monoisotopic (exact) mass is 320 g/mol. The molecule has 0 saturated heterocycles. The fourth-order valence-corrected chi connectivity index (χ4v) is 4.36. The highest BCUT2D eigenvalue weighted by molar-refractivity contribution is 5.85. The predicted octanol–water partition coefficient (Wildman–Crippen LogP) is 4.96. The summed E-state index contributed by atoms with van der Waals surface area (Å²) in [5.41, 5.74) is 4.62. The molecule has 0 spiro atoms. The second-order valence-electron chi connectivity index (χ2n) is 7.21. The summed E-state index contributed by atoms with van der Waals surface area (Å²) in [4.78, 5) is 3.63. The van der Waals surface area contributed by atoms with Gasteiger partial charge >= 0.3 is 0 Å². The standard InChI is InChI=1S/C21H21FN2/c22-17-9-3-2-8-16(17)21(12-13-21)24-19-11-5-7-15-14-6-1-4-10-18(14)23-20(15)19/h1-4,6,8-10,19,23-24H,5,7,11-13H2. The minimum atomic E-state index is -0.179. The summed E-state index contributed by atoms with van der Waals surface area (Å²) in [7, 11) is 0. The van der Waals surface area contributed by atoms with Gasteiger partial charge in [-0.15, -0.1) is 0 Å². The highest BCUT2D eigenvalue weighted by atomic mass is 19.1. The van der Waals surface area contributed by atoms with E-state index in [1.807, 2.05) is 12.1 Å². The maximum Gasteiger partial charge on any atom is 0.128 e. The van der Waals surface area contributed by atoms with Crippen molar-refractivity contribution in [1.82, 2.24) is 10.3 Å². The van der Waals surface area contributed by atoms with E-state index in [9.17, 15) is 4.39 Å². The number of hydrogen-bond acceptors (Lipinski definition) is 1. The van der Waals surface area contributed by atoms with Crippen molar-refractivity contribution in [3.8, 4) is 0 Å². The first kappa shape index (κ1) is 14.2. The molecule has 1 aromatic heterocycles. The lowest BCUT2D eigenvalue weighted by atomic mass is 9.90. The quantitative estimate of drug-likeness (QED) is 0.701.